The van der Waals surface area contributed by atoms with Gasteiger partial charge in [0.15, 0.2) is 17.3 Å². The molecule has 554 valence electrons. The first-order chi connectivity index (χ1) is 51.4. The molecule has 3 aromatic heterocycles. The molecule has 0 radical (unpaired) electrons. The highest BCUT2D eigenvalue weighted by Crippen LogP contribution is 2.34. The summed E-state index contributed by atoms with van der Waals surface area (Å²) in [7, 11) is 0. The second-order valence-corrected chi connectivity index (χ2v) is 30.7. The van der Waals surface area contributed by atoms with Gasteiger partial charge in [0.1, 0.15) is 6.04 Å². The number of ketones is 3. The van der Waals surface area contributed by atoms with Crippen LogP contribution < -0.4 is 16.4 Å². The lowest BCUT2D eigenvalue weighted by atomic mass is 9.94. The number of rotatable bonds is 26. The van der Waals surface area contributed by atoms with Gasteiger partial charge >= 0.3 is 0 Å². The molecule has 0 bridgehead atoms. The summed E-state index contributed by atoms with van der Waals surface area (Å²) in [6.45, 7) is 19.5. The summed E-state index contributed by atoms with van der Waals surface area (Å²) in [5.74, 6) is -1.10. The van der Waals surface area contributed by atoms with Gasteiger partial charge in [-0.3, -0.25) is 47.9 Å². The van der Waals surface area contributed by atoms with E-state index in [-0.39, 0.29) is 97.3 Å². The number of hydrogen-bond acceptors (Lipinski definition) is 11. The second kappa shape index (κ2) is 35.1. The summed E-state index contributed by atoms with van der Waals surface area (Å²) in [6, 6.07) is 39.1. The van der Waals surface area contributed by atoms with Crippen LogP contribution in [0, 0.1) is 31.6 Å². The van der Waals surface area contributed by atoms with Crippen molar-refractivity contribution in [2.45, 2.75) is 90.6 Å². The van der Waals surface area contributed by atoms with Crippen molar-refractivity contribution in [3.63, 3.8) is 0 Å². The predicted molar refractivity (Wildman–Crippen MR) is 422 cm³/mol. The summed E-state index contributed by atoms with van der Waals surface area (Å²) in [5, 5.41) is 17.8. The number of hydrogen-bond donors (Lipinski definition) is 4. The molecule has 3 fully saturated rings. The van der Waals surface area contributed by atoms with Gasteiger partial charge in [-0.25, -0.2) is 0 Å². The second-order valence-electron chi connectivity index (χ2n) is 28.0. The van der Waals surface area contributed by atoms with Crippen LogP contribution in [-0.4, -0.2) is 162 Å². The van der Waals surface area contributed by atoms with Crippen molar-refractivity contribution in [3.8, 4) is 0 Å². The van der Waals surface area contributed by atoms with Crippen molar-refractivity contribution in [3.05, 3.63) is 247 Å². The molecule has 13 rings (SSSR count). The molecule has 2 unspecified atom stereocenters. The minimum absolute atomic E-state index is 0.00609. The molecular formula is C83H85Br3N10O11. The van der Waals surface area contributed by atoms with Gasteiger partial charge in [-0.2, -0.15) is 0 Å². The smallest absolute Gasteiger partial charge is 0.256 e. The zero-order valence-corrected chi connectivity index (χ0v) is 64.5. The van der Waals surface area contributed by atoms with Crippen LogP contribution >= 0.6 is 47.8 Å². The SMILES string of the molecule is C=CC(=O)N1CC(CC(=O)Cn2cc(C(=O)N3CCc4c(C)cccc4C3)c3cc(Br)cc(C)c32)C1.C=CC(=O)N1CC(CC(=O)Cn2cc(C(=O)NC(CO)Cc3ccccc3)c3cc(Br)ccc32)C1.C=CC(=O)N1CC(CC(=O)Cn2cc(C(=O)NC(Cc3ccccc3)C(N)=O)c3cc(Br)ccc32)C1. The number of nitrogens with two attached hydrogens (primary N) is 1. The Balaban J connectivity index is 0.000000160. The minimum Gasteiger partial charge on any atom is -0.394 e. The monoisotopic (exact) mass is 1630 g/mol. The van der Waals surface area contributed by atoms with Crippen LogP contribution in [0.15, 0.2) is 197 Å². The van der Waals surface area contributed by atoms with Crippen LogP contribution in [0.1, 0.15) is 83.7 Å². The number of fused-ring (bicyclic) bond motifs is 4. The van der Waals surface area contributed by atoms with Crippen LogP contribution in [-0.2, 0) is 79.0 Å². The number of carbonyl (C=O) groups is 10. The quantitative estimate of drug-likeness (QED) is 0.0370. The predicted octanol–water partition coefficient (Wildman–Crippen LogP) is 11.0. The number of halogens is 3. The molecule has 0 aliphatic carbocycles. The lowest BCUT2D eigenvalue weighted by Crippen LogP contribution is -2.50. The highest BCUT2D eigenvalue weighted by atomic mass is 79.9. The van der Waals surface area contributed by atoms with Gasteiger partial charge < -0.3 is 54.8 Å². The fraction of sp³-hybridized carbons (Fsp3) is 0.301. The van der Waals surface area contributed by atoms with Crippen molar-refractivity contribution < 1.29 is 53.1 Å². The molecule has 0 spiro atoms. The maximum atomic E-state index is 13.8. The molecule has 4 aliphatic rings. The average Bonchev–Trinajstić information content (AvgIpc) is 1.63. The third kappa shape index (κ3) is 19.0. The van der Waals surface area contributed by atoms with E-state index in [4.69, 9.17) is 5.73 Å². The molecule has 5 N–H and O–H groups in total. The van der Waals surface area contributed by atoms with Crippen LogP contribution in [0.5, 0.6) is 0 Å². The minimum atomic E-state index is -0.882. The average molecular weight is 1640 g/mol. The van der Waals surface area contributed by atoms with Crippen LogP contribution in [0.25, 0.3) is 32.7 Å². The van der Waals surface area contributed by atoms with Gasteiger partial charge in [-0.1, -0.05) is 146 Å². The zero-order chi connectivity index (χ0) is 76.3. The van der Waals surface area contributed by atoms with Gasteiger partial charge in [0.2, 0.25) is 23.6 Å². The Bertz CT molecular complexity index is 4950. The molecular weight excluding hydrogens is 1550 g/mol. The van der Waals surface area contributed by atoms with E-state index in [2.05, 4.69) is 103 Å². The number of carbonyl (C=O) groups excluding carboxylic acids is 10. The maximum Gasteiger partial charge on any atom is 0.256 e. The van der Waals surface area contributed by atoms with E-state index in [1.807, 2.05) is 132 Å². The third-order valence-corrected chi connectivity index (χ3v) is 21.5. The molecule has 7 heterocycles. The Morgan fingerprint density at radius 2 is 0.963 bits per heavy atom. The van der Waals surface area contributed by atoms with Crippen molar-refractivity contribution >= 4 is 139 Å². The van der Waals surface area contributed by atoms with Crippen molar-refractivity contribution in [2.75, 3.05) is 52.4 Å². The van der Waals surface area contributed by atoms with E-state index < -0.39 is 23.9 Å². The first kappa shape index (κ1) is 77.9. The summed E-state index contributed by atoms with van der Waals surface area (Å²) >= 11 is 10.5. The molecule has 24 heteroatoms. The number of benzene rings is 6. The molecule has 0 saturated carbocycles. The van der Waals surface area contributed by atoms with Gasteiger partial charge in [0.25, 0.3) is 17.7 Å². The summed E-state index contributed by atoms with van der Waals surface area (Å²) in [4.78, 5) is 133. The van der Waals surface area contributed by atoms with Crippen LogP contribution in [0.4, 0.5) is 0 Å². The first-order valence-corrected chi connectivity index (χ1v) is 37.9. The largest absolute Gasteiger partial charge is 0.394 e. The van der Waals surface area contributed by atoms with Crippen LogP contribution in [0.2, 0.25) is 0 Å². The number of aliphatic hydroxyl groups is 1. The topological polar surface area (TPSA) is 269 Å². The van der Waals surface area contributed by atoms with Crippen molar-refractivity contribution in [2.24, 2.45) is 23.5 Å². The summed E-state index contributed by atoms with van der Waals surface area (Å²) in [5.41, 5.74) is 16.2. The molecule has 9 aromatic rings. The first-order valence-electron chi connectivity index (χ1n) is 35.5. The highest BCUT2D eigenvalue weighted by Gasteiger charge is 2.35. The summed E-state index contributed by atoms with van der Waals surface area (Å²) < 4.78 is 8.00. The number of aromatic nitrogens is 3. The Morgan fingerprint density at radius 1 is 0.514 bits per heavy atom. The van der Waals surface area contributed by atoms with Crippen molar-refractivity contribution in [1.82, 2.24) is 43.9 Å². The highest BCUT2D eigenvalue weighted by molar-refractivity contribution is 9.11. The van der Waals surface area contributed by atoms with Crippen LogP contribution in [0.3, 0.4) is 0 Å². The molecule has 21 nitrogen and oxygen atoms in total. The Kier molecular flexibility index (Phi) is 25.5. The van der Waals surface area contributed by atoms with E-state index in [0.29, 0.717) is 100 Å². The number of amides is 7. The fourth-order valence-electron chi connectivity index (χ4n) is 14.6. The normalized spacial score (nSPS) is 14.7. The number of nitrogens with one attached hydrogen (secondary N) is 2. The van der Waals surface area contributed by atoms with Gasteiger partial charge in [-0.05, 0) is 127 Å². The van der Waals surface area contributed by atoms with E-state index in [9.17, 15) is 53.1 Å². The van der Waals surface area contributed by atoms with E-state index in [0.717, 1.165) is 63.9 Å². The fourth-order valence-corrected chi connectivity index (χ4v) is 15.9. The van der Waals surface area contributed by atoms with E-state index in [1.165, 1.54) is 34.9 Å². The summed E-state index contributed by atoms with van der Waals surface area (Å²) in [6.07, 6.45) is 11.8. The number of nitrogens with zero attached hydrogens (tertiary/aromatic N) is 7. The Morgan fingerprint density at radius 3 is 1.43 bits per heavy atom. The van der Waals surface area contributed by atoms with Crippen molar-refractivity contribution in [1.29, 1.82) is 0 Å². The third-order valence-electron chi connectivity index (χ3n) is 20.1. The molecule has 4 aliphatic heterocycles. The maximum absolute atomic E-state index is 13.8. The van der Waals surface area contributed by atoms with Gasteiger partial charge in [-0.15, -0.1) is 0 Å². The lowest BCUT2D eigenvalue weighted by Gasteiger charge is -2.38. The standard InChI is InChI=1S/C29H30BrN3O3.C27H27BrN4O4.C27H28BrN3O4/c1-4-27(35)32-13-20(14-32)11-23(34)16-33-17-26(25-12-22(30)10-19(3)28(25)33)29(36)31-9-8-24-18(2)6-5-7-21(24)15-31;1-2-25(34)32-13-18(14-32)10-20(33)15-31-16-22(21-12-19(28)8-9-24(21)31)27(36)30-23(26(29)35)11-17-6-4-3-5-7-17;1-2-26(34)31-13-19(14-31)11-22(33)15-30-16-24(23-12-20(28)8-9-25(23)30)27(35)29-21(17-32)10-18-6-4-3-5-7-18/h4-7,10,12,17,20H,1,8-9,11,13-16H2,2-3H3;2-9,12,16,18,23H,1,10-11,13-15H2,(H2,29,35)(H,30,36);2-9,12,16,19,21,32H,1,10-11,13-15,17H2,(H,29,35). The van der Waals surface area contributed by atoms with Gasteiger partial charge in [0, 0.05) is 155 Å². The number of likely N-dealkylation sites (tertiary alicyclic amines) is 3. The number of primary amides is 1. The lowest BCUT2D eigenvalue weighted by molar-refractivity contribution is -0.134. The van der Waals surface area contributed by atoms with Gasteiger partial charge in [0.05, 0.1) is 54.5 Å². The number of Topliss-reactive ketones (excluding diaryl/α,β-unsaturated/α-hetero) is 3. The Hall–Kier alpha value is -10.1. The molecule has 3 saturated heterocycles. The molecule has 107 heavy (non-hydrogen) atoms. The van der Waals surface area contributed by atoms with E-state index in [1.54, 1.807) is 36.2 Å². The molecule has 7 amide bonds. The molecule has 6 aromatic carbocycles. The number of aliphatic hydroxyl groups excluding tert-OH is 1. The number of aryl methyl sites for hydroxylation is 2. The Labute approximate surface area is 645 Å². The zero-order valence-electron chi connectivity index (χ0n) is 59.7. The van der Waals surface area contributed by atoms with E-state index >= 15 is 0 Å². The molecule has 2 atom stereocenters.